The van der Waals surface area contributed by atoms with Crippen molar-refractivity contribution in [1.29, 1.82) is 0 Å². The topological polar surface area (TPSA) is 62.2 Å². The summed E-state index contributed by atoms with van der Waals surface area (Å²) in [6.07, 6.45) is 4.76. The number of benzene rings is 1. The van der Waals surface area contributed by atoms with Crippen molar-refractivity contribution in [3.05, 3.63) is 65.5 Å². The van der Waals surface area contributed by atoms with Gasteiger partial charge in [-0.25, -0.2) is 0 Å². The number of pyridine rings is 1. The van der Waals surface area contributed by atoms with E-state index < -0.39 is 0 Å². The first-order valence-electron chi connectivity index (χ1n) is 6.29. The number of carbonyl (C=O) groups excluding carboxylic acids is 1. The minimum Gasteiger partial charge on any atom is -0.392 e. The standard InChI is InChI=1S/C16H16N2O2/c1-12-5-6-13(11-19)10-15(12)18-16(20)8-7-14-4-2-3-9-17-14/h2-10,19H,11H2,1H3,(H,18,20)/b8-7+. The van der Waals surface area contributed by atoms with Crippen molar-refractivity contribution in [2.75, 3.05) is 5.32 Å². The molecule has 0 bridgehead atoms. The minimum absolute atomic E-state index is 0.0487. The van der Waals surface area contributed by atoms with Crippen LogP contribution in [-0.4, -0.2) is 16.0 Å². The highest BCUT2D eigenvalue weighted by molar-refractivity contribution is 6.02. The Bertz CT molecular complexity index is 622. The molecule has 0 fully saturated rings. The number of aryl methyl sites for hydroxylation is 1. The predicted molar refractivity (Wildman–Crippen MR) is 79.0 cm³/mol. The molecule has 4 heteroatoms. The lowest BCUT2D eigenvalue weighted by Gasteiger charge is -2.08. The van der Waals surface area contributed by atoms with Crippen LogP contribution in [0.3, 0.4) is 0 Å². The van der Waals surface area contributed by atoms with Gasteiger partial charge in [0, 0.05) is 18.0 Å². The zero-order valence-electron chi connectivity index (χ0n) is 11.2. The molecular weight excluding hydrogens is 252 g/mol. The molecule has 102 valence electrons. The third-order valence-electron chi connectivity index (χ3n) is 2.84. The Balaban J connectivity index is 2.06. The Morgan fingerprint density at radius 3 is 2.90 bits per heavy atom. The van der Waals surface area contributed by atoms with E-state index in [9.17, 15) is 4.79 Å². The van der Waals surface area contributed by atoms with Crippen molar-refractivity contribution in [2.45, 2.75) is 13.5 Å². The second-order valence-corrected chi connectivity index (χ2v) is 4.38. The molecule has 0 aliphatic heterocycles. The number of nitrogens with one attached hydrogen (secondary N) is 1. The molecule has 20 heavy (non-hydrogen) atoms. The molecule has 1 amide bonds. The summed E-state index contributed by atoms with van der Waals surface area (Å²) in [6.45, 7) is 1.85. The lowest BCUT2D eigenvalue weighted by Crippen LogP contribution is -2.09. The van der Waals surface area contributed by atoms with Gasteiger partial charge in [-0.05, 0) is 42.3 Å². The van der Waals surface area contributed by atoms with Crippen LogP contribution in [0.15, 0.2) is 48.7 Å². The van der Waals surface area contributed by atoms with Crippen LogP contribution in [0.4, 0.5) is 5.69 Å². The molecule has 0 atom stereocenters. The molecule has 2 rings (SSSR count). The third kappa shape index (κ3) is 3.76. The first kappa shape index (κ1) is 14.0. The molecule has 4 nitrogen and oxygen atoms in total. The Hall–Kier alpha value is -2.46. The maximum absolute atomic E-state index is 11.8. The molecule has 0 saturated heterocycles. The summed E-state index contributed by atoms with van der Waals surface area (Å²) in [4.78, 5) is 16.0. The van der Waals surface area contributed by atoms with E-state index in [1.165, 1.54) is 6.08 Å². The normalized spacial score (nSPS) is 10.7. The highest BCUT2D eigenvalue weighted by Gasteiger charge is 2.03. The molecule has 2 aromatic rings. The van der Waals surface area contributed by atoms with E-state index in [2.05, 4.69) is 10.3 Å². The number of aliphatic hydroxyl groups is 1. The molecule has 1 heterocycles. The molecule has 2 N–H and O–H groups in total. The van der Waals surface area contributed by atoms with Crippen LogP contribution >= 0.6 is 0 Å². The fourth-order valence-electron chi connectivity index (χ4n) is 1.71. The second-order valence-electron chi connectivity index (χ2n) is 4.38. The van der Waals surface area contributed by atoms with E-state index in [0.29, 0.717) is 5.69 Å². The van der Waals surface area contributed by atoms with Crippen molar-refractivity contribution in [3.8, 4) is 0 Å². The van der Waals surface area contributed by atoms with Gasteiger partial charge in [0.2, 0.25) is 5.91 Å². The maximum atomic E-state index is 11.8. The summed E-state index contributed by atoms with van der Waals surface area (Å²) in [6, 6.07) is 11.0. The van der Waals surface area contributed by atoms with Crippen LogP contribution in [0, 0.1) is 6.92 Å². The SMILES string of the molecule is Cc1ccc(CO)cc1NC(=O)/C=C/c1ccccn1. The van der Waals surface area contributed by atoms with Gasteiger partial charge in [-0.1, -0.05) is 18.2 Å². The molecule has 1 aromatic carbocycles. The highest BCUT2D eigenvalue weighted by Crippen LogP contribution is 2.17. The molecule has 0 aliphatic rings. The largest absolute Gasteiger partial charge is 0.392 e. The van der Waals surface area contributed by atoms with Gasteiger partial charge in [0.05, 0.1) is 12.3 Å². The van der Waals surface area contributed by atoms with E-state index in [1.807, 2.05) is 37.3 Å². The fourth-order valence-corrected chi connectivity index (χ4v) is 1.71. The van der Waals surface area contributed by atoms with Gasteiger partial charge in [0.15, 0.2) is 0 Å². The summed E-state index contributed by atoms with van der Waals surface area (Å²) < 4.78 is 0. The quantitative estimate of drug-likeness (QED) is 0.838. The van der Waals surface area contributed by atoms with Gasteiger partial charge in [-0.2, -0.15) is 0 Å². The number of rotatable bonds is 4. The van der Waals surface area contributed by atoms with E-state index in [1.54, 1.807) is 18.3 Å². The average Bonchev–Trinajstić information content (AvgIpc) is 2.48. The molecule has 0 unspecified atom stereocenters. The van der Waals surface area contributed by atoms with Crippen LogP contribution in [0.5, 0.6) is 0 Å². The minimum atomic E-state index is -0.228. The van der Waals surface area contributed by atoms with Crippen LogP contribution in [-0.2, 0) is 11.4 Å². The smallest absolute Gasteiger partial charge is 0.248 e. The molecule has 0 aliphatic carbocycles. The van der Waals surface area contributed by atoms with Crippen LogP contribution in [0.25, 0.3) is 6.08 Å². The number of aromatic nitrogens is 1. The van der Waals surface area contributed by atoms with Crippen molar-refractivity contribution >= 4 is 17.7 Å². The summed E-state index contributed by atoms with van der Waals surface area (Å²) in [5.74, 6) is -0.228. The average molecular weight is 268 g/mol. The number of nitrogens with zero attached hydrogens (tertiary/aromatic N) is 1. The summed E-state index contributed by atoms with van der Waals surface area (Å²) >= 11 is 0. The van der Waals surface area contributed by atoms with Crippen molar-refractivity contribution in [1.82, 2.24) is 4.98 Å². The Labute approximate surface area is 117 Å². The lowest BCUT2D eigenvalue weighted by atomic mass is 10.1. The van der Waals surface area contributed by atoms with Gasteiger partial charge in [-0.3, -0.25) is 9.78 Å². The number of aliphatic hydroxyl groups excluding tert-OH is 1. The summed E-state index contributed by atoms with van der Waals surface area (Å²) in [7, 11) is 0. The zero-order chi connectivity index (χ0) is 14.4. The van der Waals surface area contributed by atoms with Crippen molar-refractivity contribution in [3.63, 3.8) is 0 Å². The van der Waals surface area contributed by atoms with Gasteiger partial charge in [-0.15, -0.1) is 0 Å². The number of carbonyl (C=O) groups is 1. The summed E-state index contributed by atoms with van der Waals surface area (Å²) in [5, 5.41) is 11.9. The maximum Gasteiger partial charge on any atom is 0.248 e. The van der Waals surface area contributed by atoms with Gasteiger partial charge in [0.25, 0.3) is 0 Å². The van der Waals surface area contributed by atoms with Crippen LogP contribution < -0.4 is 5.32 Å². The molecular formula is C16H16N2O2. The highest BCUT2D eigenvalue weighted by atomic mass is 16.3. The Morgan fingerprint density at radius 1 is 1.35 bits per heavy atom. The molecule has 0 saturated carbocycles. The molecule has 0 spiro atoms. The molecule has 1 aromatic heterocycles. The van der Waals surface area contributed by atoms with Gasteiger partial charge >= 0.3 is 0 Å². The molecule has 0 radical (unpaired) electrons. The zero-order valence-corrected chi connectivity index (χ0v) is 11.2. The van der Waals surface area contributed by atoms with E-state index in [4.69, 9.17) is 5.11 Å². The van der Waals surface area contributed by atoms with Gasteiger partial charge in [0.1, 0.15) is 0 Å². The predicted octanol–water partition coefficient (Wildman–Crippen LogP) is 2.53. The van der Waals surface area contributed by atoms with E-state index in [-0.39, 0.29) is 12.5 Å². The number of hydrogen-bond donors (Lipinski definition) is 2. The lowest BCUT2D eigenvalue weighted by molar-refractivity contribution is -0.111. The first-order valence-corrected chi connectivity index (χ1v) is 6.29. The van der Waals surface area contributed by atoms with Crippen molar-refractivity contribution in [2.24, 2.45) is 0 Å². The van der Waals surface area contributed by atoms with Crippen LogP contribution in [0.1, 0.15) is 16.8 Å². The summed E-state index contributed by atoms with van der Waals surface area (Å²) in [5.41, 5.74) is 3.14. The monoisotopic (exact) mass is 268 g/mol. The van der Waals surface area contributed by atoms with Crippen LogP contribution in [0.2, 0.25) is 0 Å². The van der Waals surface area contributed by atoms with E-state index >= 15 is 0 Å². The van der Waals surface area contributed by atoms with Gasteiger partial charge < -0.3 is 10.4 Å². The van der Waals surface area contributed by atoms with Crippen molar-refractivity contribution < 1.29 is 9.90 Å². The first-order chi connectivity index (χ1) is 9.69. The fraction of sp³-hybridized carbons (Fsp3) is 0.125. The number of amides is 1. The number of anilines is 1. The Kier molecular flexibility index (Phi) is 4.63. The Morgan fingerprint density at radius 2 is 2.20 bits per heavy atom. The second kappa shape index (κ2) is 6.63. The number of hydrogen-bond acceptors (Lipinski definition) is 3. The van der Waals surface area contributed by atoms with E-state index in [0.717, 1.165) is 16.8 Å². The third-order valence-corrected chi connectivity index (χ3v) is 2.84.